The van der Waals surface area contributed by atoms with Crippen molar-refractivity contribution in [2.24, 2.45) is 0 Å². The highest BCUT2D eigenvalue weighted by Crippen LogP contribution is 2.33. The van der Waals surface area contributed by atoms with Gasteiger partial charge in [0.2, 0.25) is 0 Å². The van der Waals surface area contributed by atoms with Crippen LogP contribution in [-0.2, 0) is 11.3 Å². The molecule has 2 saturated heterocycles. The predicted molar refractivity (Wildman–Crippen MR) is 137 cm³/mol. The minimum atomic E-state index is -0.316. The van der Waals surface area contributed by atoms with Crippen molar-refractivity contribution >= 4 is 34.3 Å². The molecule has 0 aliphatic carbocycles. The highest BCUT2D eigenvalue weighted by molar-refractivity contribution is 5.99. The SMILES string of the molecule is O=C(Nc1ccccc1)Nc1ccc(-c2nc(N3CC4CCC(C3)O4)c3cnn(CCO)c3n2)cc1. The van der Waals surface area contributed by atoms with Gasteiger partial charge in [-0.15, -0.1) is 0 Å². The van der Waals surface area contributed by atoms with Gasteiger partial charge >= 0.3 is 6.03 Å². The van der Waals surface area contributed by atoms with E-state index in [1.807, 2.05) is 54.6 Å². The Balaban J connectivity index is 1.28. The van der Waals surface area contributed by atoms with Crippen LogP contribution in [0.2, 0.25) is 0 Å². The number of aliphatic hydroxyl groups is 1. The molecular weight excluding hydrogens is 458 g/mol. The Morgan fingerprint density at radius 1 is 0.972 bits per heavy atom. The van der Waals surface area contributed by atoms with Crippen molar-refractivity contribution in [1.29, 1.82) is 0 Å². The van der Waals surface area contributed by atoms with Gasteiger partial charge in [-0.05, 0) is 49.2 Å². The largest absolute Gasteiger partial charge is 0.394 e. The number of rotatable bonds is 6. The first-order valence-electron chi connectivity index (χ1n) is 12.1. The smallest absolute Gasteiger partial charge is 0.323 e. The highest BCUT2D eigenvalue weighted by Gasteiger charge is 2.35. The van der Waals surface area contributed by atoms with Crippen molar-refractivity contribution in [3.63, 3.8) is 0 Å². The van der Waals surface area contributed by atoms with Crippen LogP contribution >= 0.6 is 0 Å². The van der Waals surface area contributed by atoms with Gasteiger partial charge in [0, 0.05) is 30.0 Å². The van der Waals surface area contributed by atoms with Gasteiger partial charge in [-0.25, -0.2) is 19.4 Å². The zero-order valence-corrected chi connectivity index (χ0v) is 19.7. The van der Waals surface area contributed by atoms with E-state index < -0.39 is 0 Å². The summed E-state index contributed by atoms with van der Waals surface area (Å²) < 4.78 is 7.73. The lowest BCUT2D eigenvalue weighted by Crippen LogP contribution is -2.43. The summed E-state index contributed by atoms with van der Waals surface area (Å²) >= 11 is 0. The molecule has 2 aliphatic rings. The number of anilines is 3. The number of carbonyl (C=O) groups is 1. The lowest BCUT2D eigenvalue weighted by molar-refractivity contribution is 0.0303. The molecule has 2 aliphatic heterocycles. The molecule has 10 heteroatoms. The average molecular weight is 486 g/mol. The number of ether oxygens (including phenoxy) is 1. The summed E-state index contributed by atoms with van der Waals surface area (Å²) in [6, 6.07) is 16.4. The Morgan fingerprint density at radius 3 is 2.36 bits per heavy atom. The average Bonchev–Trinajstić information content (AvgIpc) is 3.46. The molecule has 184 valence electrons. The number of hydrogen-bond acceptors (Lipinski definition) is 7. The van der Waals surface area contributed by atoms with Crippen LogP contribution in [0.25, 0.3) is 22.4 Å². The number of benzene rings is 2. The van der Waals surface area contributed by atoms with Gasteiger partial charge in [-0.2, -0.15) is 5.10 Å². The molecule has 2 unspecified atom stereocenters. The monoisotopic (exact) mass is 485 g/mol. The number of urea groups is 1. The topological polar surface area (TPSA) is 117 Å². The summed E-state index contributed by atoms with van der Waals surface area (Å²) in [4.78, 5) is 24.4. The first kappa shape index (κ1) is 22.4. The standard InChI is InChI=1S/C26H27N7O3/c34-13-12-33-25-22(14-27-33)24(32-15-20-10-11-21(16-32)36-20)30-23(31-25)17-6-8-19(9-7-17)29-26(35)28-18-4-2-1-3-5-18/h1-9,14,20-21,34H,10-13,15-16H2,(H2,28,29,35). The zero-order valence-electron chi connectivity index (χ0n) is 19.7. The Morgan fingerprint density at radius 2 is 1.67 bits per heavy atom. The van der Waals surface area contributed by atoms with Crippen molar-refractivity contribution in [3.05, 3.63) is 60.8 Å². The first-order chi connectivity index (χ1) is 17.7. The van der Waals surface area contributed by atoms with Crippen molar-refractivity contribution in [1.82, 2.24) is 19.7 Å². The van der Waals surface area contributed by atoms with Gasteiger partial charge in [0.15, 0.2) is 11.5 Å². The summed E-state index contributed by atoms with van der Waals surface area (Å²) in [7, 11) is 0. The number of amides is 2. The third-order valence-corrected chi connectivity index (χ3v) is 6.56. The van der Waals surface area contributed by atoms with E-state index >= 15 is 0 Å². The molecule has 2 atom stereocenters. The third-order valence-electron chi connectivity index (χ3n) is 6.56. The summed E-state index contributed by atoms with van der Waals surface area (Å²) in [5, 5.41) is 20.5. The summed E-state index contributed by atoms with van der Waals surface area (Å²) in [5.41, 5.74) is 2.88. The number of morpholine rings is 1. The molecule has 10 nitrogen and oxygen atoms in total. The van der Waals surface area contributed by atoms with E-state index in [1.54, 1.807) is 10.9 Å². The van der Waals surface area contributed by atoms with Crippen LogP contribution in [0.4, 0.5) is 22.0 Å². The number of nitrogens with zero attached hydrogens (tertiary/aromatic N) is 5. The maximum atomic E-state index is 12.3. The van der Waals surface area contributed by atoms with Crippen LogP contribution in [0.5, 0.6) is 0 Å². The van der Waals surface area contributed by atoms with Gasteiger partial charge in [-0.1, -0.05) is 18.2 Å². The second kappa shape index (κ2) is 9.56. The molecule has 2 fully saturated rings. The van der Waals surface area contributed by atoms with Gasteiger partial charge in [-0.3, -0.25) is 0 Å². The van der Waals surface area contributed by atoms with E-state index in [-0.39, 0.29) is 24.8 Å². The maximum Gasteiger partial charge on any atom is 0.323 e. The summed E-state index contributed by atoms with van der Waals surface area (Å²) in [6.07, 6.45) is 4.35. The number of hydrogen-bond donors (Lipinski definition) is 3. The third kappa shape index (κ3) is 4.48. The van der Waals surface area contributed by atoms with Crippen molar-refractivity contribution in [3.8, 4) is 11.4 Å². The number of aromatic nitrogens is 4. The van der Waals surface area contributed by atoms with Gasteiger partial charge in [0.1, 0.15) is 5.82 Å². The van der Waals surface area contributed by atoms with E-state index in [4.69, 9.17) is 14.7 Å². The minimum absolute atomic E-state index is 0.0292. The van der Waals surface area contributed by atoms with E-state index in [1.165, 1.54) is 0 Å². The molecule has 0 spiro atoms. The van der Waals surface area contributed by atoms with Crippen molar-refractivity contribution in [2.45, 2.75) is 31.6 Å². The predicted octanol–water partition coefficient (Wildman–Crippen LogP) is 3.50. The normalized spacial score (nSPS) is 19.0. The van der Waals surface area contributed by atoms with Gasteiger partial charge in [0.25, 0.3) is 0 Å². The zero-order chi connectivity index (χ0) is 24.5. The Hall–Kier alpha value is -4.02. The van der Waals surface area contributed by atoms with E-state index in [0.29, 0.717) is 23.7 Å². The molecule has 2 bridgehead atoms. The van der Waals surface area contributed by atoms with Crippen molar-refractivity contribution in [2.75, 3.05) is 35.2 Å². The number of nitrogens with one attached hydrogen (secondary N) is 2. The molecule has 6 rings (SSSR count). The van der Waals surface area contributed by atoms with Crippen LogP contribution in [0.15, 0.2) is 60.8 Å². The molecule has 2 amide bonds. The fourth-order valence-electron chi connectivity index (χ4n) is 4.87. The fraction of sp³-hybridized carbons (Fsp3) is 0.308. The number of fused-ring (bicyclic) bond motifs is 3. The molecule has 4 heterocycles. The molecule has 3 N–H and O–H groups in total. The fourth-order valence-corrected chi connectivity index (χ4v) is 4.87. The lowest BCUT2D eigenvalue weighted by Gasteiger charge is -2.33. The number of carbonyl (C=O) groups excluding carboxylic acids is 1. The van der Waals surface area contributed by atoms with Gasteiger partial charge < -0.3 is 25.4 Å². The summed E-state index contributed by atoms with van der Waals surface area (Å²) in [5.74, 6) is 1.40. The lowest BCUT2D eigenvalue weighted by atomic mass is 10.2. The van der Waals surface area contributed by atoms with E-state index in [2.05, 4.69) is 20.6 Å². The minimum Gasteiger partial charge on any atom is -0.394 e. The van der Waals surface area contributed by atoms with Crippen molar-refractivity contribution < 1.29 is 14.6 Å². The summed E-state index contributed by atoms with van der Waals surface area (Å²) in [6.45, 7) is 1.89. The molecule has 0 saturated carbocycles. The second-order valence-corrected chi connectivity index (χ2v) is 9.08. The Bertz CT molecular complexity index is 1360. The molecule has 2 aromatic carbocycles. The number of para-hydroxylation sites is 1. The Kier molecular flexibility index (Phi) is 5.96. The molecule has 36 heavy (non-hydrogen) atoms. The van der Waals surface area contributed by atoms with Crippen LogP contribution < -0.4 is 15.5 Å². The molecular formula is C26H27N7O3. The van der Waals surface area contributed by atoms with Crippen LogP contribution in [0, 0.1) is 0 Å². The highest BCUT2D eigenvalue weighted by atomic mass is 16.5. The second-order valence-electron chi connectivity index (χ2n) is 9.08. The van der Waals surface area contributed by atoms with Crippen LogP contribution in [0.1, 0.15) is 12.8 Å². The first-order valence-corrected chi connectivity index (χ1v) is 12.1. The molecule has 4 aromatic rings. The van der Waals surface area contributed by atoms with E-state index in [9.17, 15) is 9.90 Å². The van der Waals surface area contributed by atoms with Gasteiger partial charge in [0.05, 0.1) is 36.9 Å². The maximum absolute atomic E-state index is 12.3. The quantitative estimate of drug-likeness (QED) is 0.383. The molecule has 0 radical (unpaired) electrons. The van der Waals surface area contributed by atoms with E-state index in [0.717, 1.165) is 48.4 Å². The van der Waals surface area contributed by atoms with Crippen LogP contribution in [-0.4, -0.2) is 62.8 Å². The molecule has 2 aromatic heterocycles. The van der Waals surface area contributed by atoms with Crippen LogP contribution in [0.3, 0.4) is 0 Å². The Labute approximate surface area is 207 Å². The number of aliphatic hydroxyl groups excluding tert-OH is 1.